The van der Waals surface area contributed by atoms with Crippen LogP contribution in [0.3, 0.4) is 0 Å². The molecule has 0 aliphatic carbocycles. The van der Waals surface area contributed by atoms with E-state index in [1.807, 2.05) is 0 Å². The van der Waals surface area contributed by atoms with Gasteiger partial charge in [0.15, 0.2) is 0 Å². The van der Waals surface area contributed by atoms with Gasteiger partial charge in [-0.2, -0.15) is 0 Å². The fourth-order valence-corrected chi connectivity index (χ4v) is 1.75. The van der Waals surface area contributed by atoms with Crippen LogP contribution in [0.2, 0.25) is 0 Å². The number of hydrogen-bond donors (Lipinski definition) is 1. The van der Waals surface area contributed by atoms with E-state index in [9.17, 15) is 19.7 Å². The van der Waals surface area contributed by atoms with Crippen molar-refractivity contribution in [2.45, 2.75) is 20.8 Å². The summed E-state index contributed by atoms with van der Waals surface area (Å²) in [6.07, 6.45) is 0. The Bertz CT molecular complexity index is 556. The molecule has 0 bridgehead atoms. The summed E-state index contributed by atoms with van der Waals surface area (Å²) in [5, 5.41) is 19.7. The molecule has 0 heterocycles. The molecule has 1 aromatic rings. The molecule has 108 valence electrons. The Hall–Kier alpha value is -2.44. The zero-order chi connectivity index (χ0) is 15.4. The molecule has 1 unspecified atom stereocenters. The molecule has 7 heteroatoms. The fraction of sp³-hybridized carbons (Fsp3) is 0.385. The molecule has 0 radical (unpaired) electrons. The zero-order valence-electron chi connectivity index (χ0n) is 11.5. The number of anilines is 1. The second-order valence-corrected chi connectivity index (χ2v) is 4.60. The number of carbonyl (C=O) groups is 2. The Morgan fingerprint density at radius 1 is 1.45 bits per heavy atom. The first-order valence-electron chi connectivity index (χ1n) is 6.00. The number of benzene rings is 1. The van der Waals surface area contributed by atoms with Gasteiger partial charge in [0.2, 0.25) is 5.91 Å². The van der Waals surface area contributed by atoms with Crippen LogP contribution in [0.25, 0.3) is 0 Å². The molecule has 0 saturated carbocycles. The van der Waals surface area contributed by atoms with Crippen molar-refractivity contribution in [1.29, 1.82) is 0 Å². The fourth-order valence-electron chi connectivity index (χ4n) is 1.75. The summed E-state index contributed by atoms with van der Waals surface area (Å²) >= 11 is 0. The van der Waals surface area contributed by atoms with Gasteiger partial charge < -0.3 is 10.0 Å². The summed E-state index contributed by atoms with van der Waals surface area (Å²) in [7, 11) is 0. The van der Waals surface area contributed by atoms with Crippen molar-refractivity contribution in [2.24, 2.45) is 5.92 Å². The second kappa shape index (κ2) is 6.14. The third kappa shape index (κ3) is 3.53. The maximum absolute atomic E-state index is 11.7. The van der Waals surface area contributed by atoms with Crippen LogP contribution in [0.15, 0.2) is 18.2 Å². The average molecular weight is 280 g/mol. The highest BCUT2D eigenvalue weighted by molar-refractivity contribution is 5.93. The number of non-ortho nitro benzene ring substituents is 1. The highest BCUT2D eigenvalue weighted by atomic mass is 16.6. The number of carboxylic acids is 1. The summed E-state index contributed by atoms with van der Waals surface area (Å²) in [5.74, 6) is -2.15. The molecule has 0 saturated heterocycles. The van der Waals surface area contributed by atoms with Crippen LogP contribution >= 0.6 is 0 Å². The summed E-state index contributed by atoms with van der Waals surface area (Å²) in [6.45, 7) is 4.45. The molecule has 1 amide bonds. The van der Waals surface area contributed by atoms with Gasteiger partial charge in [-0.1, -0.05) is 13.0 Å². The highest BCUT2D eigenvalue weighted by Gasteiger charge is 2.22. The monoisotopic (exact) mass is 280 g/mol. The van der Waals surface area contributed by atoms with E-state index in [-0.39, 0.29) is 18.1 Å². The highest BCUT2D eigenvalue weighted by Crippen LogP contribution is 2.26. The van der Waals surface area contributed by atoms with Gasteiger partial charge in [-0.05, 0) is 12.5 Å². The smallest absolute Gasteiger partial charge is 0.308 e. The van der Waals surface area contributed by atoms with Crippen molar-refractivity contribution in [2.75, 3.05) is 11.4 Å². The molecule has 1 rings (SSSR count). The zero-order valence-corrected chi connectivity index (χ0v) is 11.5. The van der Waals surface area contributed by atoms with Gasteiger partial charge in [0, 0.05) is 25.6 Å². The van der Waals surface area contributed by atoms with Crippen LogP contribution in [0.5, 0.6) is 0 Å². The number of aryl methyl sites for hydroxylation is 1. The number of nitrogens with zero attached hydrogens (tertiary/aromatic N) is 2. The van der Waals surface area contributed by atoms with Gasteiger partial charge in [-0.15, -0.1) is 0 Å². The Labute approximate surface area is 116 Å². The maximum Gasteiger partial charge on any atom is 0.308 e. The molecule has 0 fully saturated rings. The summed E-state index contributed by atoms with van der Waals surface area (Å²) in [6, 6.07) is 4.16. The standard InChI is InChI=1S/C13H16N2O5/c1-8-4-5-11(15(19)20)6-12(8)14(10(3)16)7-9(2)13(17)18/h4-6,9H,7H2,1-3H3,(H,17,18). The molecular formula is C13H16N2O5. The van der Waals surface area contributed by atoms with Crippen LogP contribution in [-0.4, -0.2) is 28.5 Å². The summed E-state index contributed by atoms with van der Waals surface area (Å²) < 4.78 is 0. The van der Waals surface area contributed by atoms with Crippen molar-refractivity contribution in [3.05, 3.63) is 33.9 Å². The van der Waals surface area contributed by atoms with Crippen LogP contribution in [0, 0.1) is 23.0 Å². The average Bonchev–Trinajstić information content (AvgIpc) is 2.35. The Kier molecular flexibility index (Phi) is 4.79. The molecular weight excluding hydrogens is 264 g/mol. The van der Waals surface area contributed by atoms with Gasteiger partial charge in [0.1, 0.15) is 0 Å². The number of carbonyl (C=O) groups excluding carboxylic acids is 1. The van der Waals surface area contributed by atoms with Crippen LogP contribution in [0.4, 0.5) is 11.4 Å². The number of hydrogen-bond acceptors (Lipinski definition) is 4. The predicted octanol–water partition coefficient (Wildman–Crippen LogP) is 1.98. The van der Waals surface area contributed by atoms with Crippen LogP contribution in [-0.2, 0) is 9.59 Å². The summed E-state index contributed by atoms with van der Waals surface area (Å²) in [5.41, 5.74) is 0.892. The lowest BCUT2D eigenvalue weighted by Gasteiger charge is -2.24. The lowest BCUT2D eigenvalue weighted by atomic mass is 10.1. The minimum absolute atomic E-state index is 0.0350. The van der Waals surface area contributed by atoms with E-state index < -0.39 is 16.8 Å². The van der Waals surface area contributed by atoms with Crippen molar-refractivity contribution in [1.82, 2.24) is 0 Å². The summed E-state index contributed by atoms with van der Waals surface area (Å²) in [4.78, 5) is 34.1. The van der Waals surface area contributed by atoms with Gasteiger partial charge in [0.05, 0.1) is 16.5 Å². The predicted molar refractivity (Wildman–Crippen MR) is 72.7 cm³/mol. The third-order valence-electron chi connectivity index (χ3n) is 2.95. The van der Waals surface area contributed by atoms with E-state index in [1.165, 1.54) is 36.9 Å². The van der Waals surface area contributed by atoms with Gasteiger partial charge in [-0.25, -0.2) is 0 Å². The van der Waals surface area contributed by atoms with Crippen molar-refractivity contribution in [3.8, 4) is 0 Å². The van der Waals surface area contributed by atoms with Crippen LogP contribution < -0.4 is 4.90 Å². The van der Waals surface area contributed by atoms with E-state index in [2.05, 4.69) is 0 Å². The topological polar surface area (TPSA) is 101 Å². The SMILES string of the molecule is CC(=O)N(CC(C)C(=O)O)c1cc([N+](=O)[O-])ccc1C. The Morgan fingerprint density at radius 2 is 2.05 bits per heavy atom. The van der Waals surface area contributed by atoms with E-state index >= 15 is 0 Å². The molecule has 1 aromatic carbocycles. The lowest BCUT2D eigenvalue weighted by Crippen LogP contribution is -2.35. The quantitative estimate of drug-likeness (QED) is 0.656. The first-order chi connectivity index (χ1) is 9.23. The number of amides is 1. The molecule has 0 aromatic heterocycles. The first kappa shape index (κ1) is 15.6. The molecule has 1 atom stereocenters. The van der Waals surface area contributed by atoms with Gasteiger partial charge >= 0.3 is 5.97 Å². The normalized spacial score (nSPS) is 11.8. The molecule has 1 N–H and O–H groups in total. The number of nitro benzene ring substituents is 1. The first-order valence-corrected chi connectivity index (χ1v) is 6.00. The number of rotatable bonds is 5. The van der Waals surface area contributed by atoms with Crippen molar-refractivity contribution < 1.29 is 19.6 Å². The van der Waals surface area contributed by atoms with Gasteiger partial charge in [0.25, 0.3) is 5.69 Å². The Balaban J connectivity index is 3.21. The lowest BCUT2D eigenvalue weighted by molar-refractivity contribution is -0.384. The van der Waals surface area contributed by atoms with Crippen molar-refractivity contribution in [3.63, 3.8) is 0 Å². The largest absolute Gasteiger partial charge is 0.481 e. The number of nitro groups is 1. The van der Waals surface area contributed by atoms with Gasteiger partial charge in [-0.3, -0.25) is 19.7 Å². The minimum atomic E-state index is -1.03. The molecule has 0 aliphatic heterocycles. The van der Waals surface area contributed by atoms with E-state index in [0.29, 0.717) is 11.3 Å². The molecule has 20 heavy (non-hydrogen) atoms. The molecule has 7 nitrogen and oxygen atoms in total. The van der Waals surface area contributed by atoms with E-state index in [4.69, 9.17) is 5.11 Å². The van der Waals surface area contributed by atoms with E-state index in [1.54, 1.807) is 6.92 Å². The third-order valence-corrected chi connectivity index (χ3v) is 2.95. The minimum Gasteiger partial charge on any atom is -0.481 e. The number of carboxylic acid groups (broad SMARTS) is 1. The maximum atomic E-state index is 11.7. The Morgan fingerprint density at radius 3 is 2.50 bits per heavy atom. The van der Waals surface area contributed by atoms with Crippen LogP contribution in [0.1, 0.15) is 19.4 Å². The van der Waals surface area contributed by atoms with E-state index in [0.717, 1.165) is 0 Å². The van der Waals surface area contributed by atoms with Crippen molar-refractivity contribution >= 4 is 23.3 Å². The molecule has 0 aliphatic rings. The molecule has 0 spiro atoms. The second-order valence-electron chi connectivity index (χ2n) is 4.60. The number of aliphatic carboxylic acids is 1.